The molecule has 1 aromatic heterocycles. The highest BCUT2D eigenvalue weighted by Gasteiger charge is 2.23. The number of aromatic nitrogens is 1. The zero-order chi connectivity index (χ0) is 20.2. The van der Waals surface area contributed by atoms with Crippen LogP contribution >= 0.6 is 11.3 Å². The molecule has 0 bridgehead atoms. The number of fused-ring (bicyclic) bond motifs is 1. The molecular weight excluding hydrogens is 388 g/mol. The molecule has 0 atom stereocenters. The Balaban J connectivity index is 1.43. The van der Waals surface area contributed by atoms with Crippen molar-refractivity contribution < 1.29 is 19.0 Å². The molecule has 0 radical (unpaired) electrons. The van der Waals surface area contributed by atoms with Crippen molar-refractivity contribution in [2.45, 2.75) is 19.6 Å². The largest absolute Gasteiger partial charge is 0.493 e. The number of rotatable bonds is 6. The van der Waals surface area contributed by atoms with Crippen molar-refractivity contribution in [1.82, 2.24) is 9.88 Å². The minimum atomic E-state index is 0.0106. The van der Waals surface area contributed by atoms with Gasteiger partial charge in [0, 0.05) is 24.0 Å². The summed E-state index contributed by atoms with van der Waals surface area (Å²) in [7, 11) is 3.25. The van der Waals surface area contributed by atoms with Crippen molar-refractivity contribution >= 4 is 17.2 Å². The third kappa shape index (κ3) is 4.19. The van der Waals surface area contributed by atoms with Gasteiger partial charge < -0.3 is 19.1 Å². The second-order valence-corrected chi connectivity index (χ2v) is 7.46. The van der Waals surface area contributed by atoms with Gasteiger partial charge in [0.15, 0.2) is 11.5 Å². The molecule has 1 aliphatic rings. The Labute approximate surface area is 173 Å². The second kappa shape index (κ2) is 8.53. The molecule has 0 aliphatic carbocycles. The summed E-state index contributed by atoms with van der Waals surface area (Å²) in [5.41, 5.74) is 5.61. The molecule has 0 spiro atoms. The zero-order valence-corrected chi connectivity index (χ0v) is 17.2. The Bertz CT molecular complexity index is 987. The van der Waals surface area contributed by atoms with Crippen LogP contribution in [-0.2, 0) is 19.6 Å². The number of ether oxygens (including phenoxy) is 3. The van der Waals surface area contributed by atoms with E-state index in [4.69, 9.17) is 14.2 Å². The minimum Gasteiger partial charge on any atom is -0.493 e. The highest BCUT2D eigenvalue weighted by atomic mass is 32.1. The lowest BCUT2D eigenvalue weighted by atomic mass is 9.98. The molecule has 2 heterocycles. The predicted octanol–water partition coefficient (Wildman–Crippen LogP) is 3.94. The average molecular weight is 410 g/mol. The van der Waals surface area contributed by atoms with E-state index in [-0.39, 0.29) is 5.91 Å². The number of amides is 1. The van der Waals surface area contributed by atoms with Crippen LogP contribution in [0.1, 0.15) is 27.2 Å². The third-order valence-electron chi connectivity index (χ3n) is 4.98. The Morgan fingerprint density at radius 1 is 1.10 bits per heavy atom. The first kappa shape index (κ1) is 19.3. The van der Waals surface area contributed by atoms with Crippen molar-refractivity contribution in [3.63, 3.8) is 0 Å². The molecule has 0 N–H and O–H groups in total. The molecular formula is C22H22N2O4S. The lowest BCUT2D eigenvalue weighted by Crippen LogP contribution is -2.36. The van der Waals surface area contributed by atoms with Crippen molar-refractivity contribution in [1.29, 1.82) is 0 Å². The van der Waals surface area contributed by atoms with Crippen molar-refractivity contribution in [2.75, 3.05) is 20.8 Å². The average Bonchev–Trinajstić information content (AvgIpc) is 3.30. The maximum atomic E-state index is 13.0. The molecule has 2 aromatic carbocycles. The van der Waals surface area contributed by atoms with Crippen molar-refractivity contribution in [3.05, 3.63) is 69.7 Å². The van der Waals surface area contributed by atoms with Gasteiger partial charge in [0.1, 0.15) is 12.4 Å². The van der Waals surface area contributed by atoms with Gasteiger partial charge in [-0.3, -0.25) is 4.79 Å². The van der Waals surface area contributed by atoms with Crippen LogP contribution in [-0.4, -0.2) is 36.6 Å². The van der Waals surface area contributed by atoms with Gasteiger partial charge in [-0.25, -0.2) is 4.98 Å². The van der Waals surface area contributed by atoms with Crippen molar-refractivity contribution in [3.8, 4) is 17.2 Å². The van der Waals surface area contributed by atoms with E-state index in [0.717, 1.165) is 29.2 Å². The number of benzene rings is 2. The van der Waals surface area contributed by atoms with Crippen LogP contribution < -0.4 is 14.2 Å². The molecule has 6 nitrogen and oxygen atoms in total. The van der Waals surface area contributed by atoms with Crippen LogP contribution in [0.2, 0.25) is 0 Å². The van der Waals surface area contributed by atoms with Crippen LogP contribution in [0.3, 0.4) is 0 Å². The number of methoxy groups -OCH3 is 2. The molecule has 1 amide bonds. The highest BCUT2D eigenvalue weighted by molar-refractivity contribution is 7.07. The maximum absolute atomic E-state index is 13.0. The Hall–Kier alpha value is -3.06. The second-order valence-electron chi connectivity index (χ2n) is 6.75. The predicted molar refractivity (Wildman–Crippen MR) is 111 cm³/mol. The normalized spacial score (nSPS) is 13.0. The minimum absolute atomic E-state index is 0.0106. The summed E-state index contributed by atoms with van der Waals surface area (Å²) in [6, 6.07) is 11.2. The molecule has 7 heteroatoms. The monoisotopic (exact) mass is 410 g/mol. The summed E-state index contributed by atoms with van der Waals surface area (Å²) >= 11 is 1.54. The van der Waals surface area contributed by atoms with E-state index in [9.17, 15) is 4.79 Å². The van der Waals surface area contributed by atoms with Crippen molar-refractivity contribution in [2.24, 2.45) is 0 Å². The van der Waals surface area contributed by atoms with E-state index in [1.165, 1.54) is 5.56 Å². The van der Waals surface area contributed by atoms with Crippen LogP contribution in [0.5, 0.6) is 17.2 Å². The lowest BCUT2D eigenvalue weighted by molar-refractivity contribution is 0.0734. The first-order valence-electron chi connectivity index (χ1n) is 9.31. The van der Waals surface area contributed by atoms with E-state index in [0.29, 0.717) is 31.0 Å². The van der Waals surface area contributed by atoms with E-state index in [2.05, 4.69) is 4.98 Å². The van der Waals surface area contributed by atoms with E-state index >= 15 is 0 Å². The summed E-state index contributed by atoms with van der Waals surface area (Å²) in [6.45, 7) is 1.64. The smallest absolute Gasteiger partial charge is 0.254 e. The number of hydrogen-bond acceptors (Lipinski definition) is 6. The first-order valence-corrected chi connectivity index (χ1v) is 10.2. The number of thiazole rings is 1. The van der Waals surface area contributed by atoms with Gasteiger partial charge in [0.2, 0.25) is 0 Å². The Morgan fingerprint density at radius 2 is 1.83 bits per heavy atom. The summed E-state index contributed by atoms with van der Waals surface area (Å²) in [5, 5.41) is 1.96. The molecule has 0 saturated carbocycles. The highest BCUT2D eigenvalue weighted by Crippen LogP contribution is 2.33. The van der Waals surface area contributed by atoms with Gasteiger partial charge in [-0.1, -0.05) is 0 Å². The topological polar surface area (TPSA) is 60.9 Å². The van der Waals surface area contributed by atoms with E-state index < -0.39 is 0 Å². The fraction of sp³-hybridized carbons (Fsp3) is 0.273. The molecule has 150 valence electrons. The van der Waals surface area contributed by atoms with Gasteiger partial charge >= 0.3 is 0 Å². The van der Waals surface area contributed by atoms with Gasteiger partial charge in [0.05, 0.1) is 25.4 Å². The van der Waals surface area contributed by atoms with Gasteiger partial charge in [-0.15, -0.1) is 11.3 Å². The fourth-order valence-corrected chi connectivity index (χ4v) is 3.94. The number of hydrogen-bond donors (Lipinski definition) is 0. The quantitative estimate of drug-likeness (QED) is 0.616. The lowest BCUT2D eigenvalue weighted by Gasteiger charge is -2.29. The van der Waals surface area contributed by atoms with Gasteiger partial charge in [0.25, 0.3) is 5.91 Å². The first-order chi connectivity index (χ1) is 14.2. The molecule has 29 heavy (non-hydrogen) atoms. The Morgan fingerprint density at radius 3 is 2.48 bits per heavy atom. The van der Waals surface area contributed by atoms with Gasteiger partial charge in [-0.2, -0.15) is 0 Å². The van der Waals surface area contributed by atoms with E-state index in [1.807, 2.05) is 46.7 Å². The number of carbonyl (C=O) groups is 1. The zero-order valence-electron chi connectivity index (χ0n) is 16.4. The number of carbonyl (C=O) groups excluding carboxylic acids is 1. The van der Waals surface area contributed by atoms with Crippen LogP contribution in [0.4, 0.5) is 0 Å². The molecule has 4 rings (SSSR count). The summed E-state index contributed by atoms with van der Waals surface area (Å²) in [6.07, 6.45) is 0.788. The van der Waals surface area contributed by atoms with Gasteiger partial charge in [-0.05, 0) is 53.9 Å². The standard InChI is InChI=1S/C22H22N2O4S/c1-26-20-9-16-7-8-24(11-17(16)10-21(20)27-2)22(25)15-3-5-19(6-4-15)28-12-18-13-29-14-23-18/h3-6,9-10,13-14H,7-8,11-12H2,1-2H3. The molecule has 0 unspecified atom stereocenters. The molecule has 3 aromatic rings. The number of nitrogens with zero attached hydrogens (tertiary/aromatic N) is 2. The molecule has 0 saturated heterocycles. The van der Waals surface area contributed by atoms with E-state index in [1.54, 1.807) is 31.1 Å². The third-order valence-corrected chi connectivity index (χ3v) is 5.61. The van der Waals surface area contributed by atoms with Crippen LogP contribution in [0, 0.1) is 0 Å². The maximum Gasteiger partial charge on any atom is 0.254 e. The fourth-order valence-electron chi connectivity index (χ4n) is 3.40. The Kier molecular flexibility index (Phi) is 5.67. The SMILES string of the molecule is COc1cc2c(cc1OC)CN(C(=O)c1ccc(OCc3cscn3)cc1)CC2. The molecule has 1 aliphatic heterocycles. The summed E-state index contributed by atoms with van der Waals surface area (Å²) < 4.78 is 16.5. The van der Waals surface area contributed by atoms with Crippen LogP contribution in [0.25, 0.3) is 0 Å². The summed E-state index contributed by atoms with van der Waals surface area (Å²) in [5.74, 6) is 2.13. The molecule has 0 fully saturated rings. The summed E-state index contributed by atoms with van der Waals surface area (Å²) in [4.78, 5) is 19.0. The van der Waals surface area contributed by atoms with Crippen LogP contribution in [0.15, 0.2) is 47.3 Å².